The second-order valence-corrected chi connectivity index (χ2v) is 9.11. The summed E-state index contributed by atoms with van der Waals surface area (Å²) in [7, 11) is 0. The van der Waals surface area contributed by atoms with Gasteiger partial charge in [-0.25, -0.2) is 4.79 Å². The molecule has 0 spiro atoms. The van der Waals surface area contributed by atoms with Crippen LogP contribution in [0.5, 0.6) is 0 Å². The molecule has 3 heteroatoms. The Hall–Kier alpha value is -2.94. The summed E-state index contributed by atoms with van der Waals surface area (Å²) in [6.07, 6.45) is 9.71. The number of carbonyl (C=O) groups excluding carboxylic acids is 1. The van der Waals surface area contributed by atoms with E-state index in [1.54, 1.807) is 0 Å². The fraction of sp³-hybridized carbons (Fsp3) is 0.400. The number of oxime groups is 1. The van der Waals surface area contributed by atoms with E-state index in [-0.39, 0.29) is 5.97 Å². The van der Waals surface area contributed by atoms with Crippen molar-refractivity contribution in [2.24, 2.45) is 5.16 Å². The average Bonchev–Trinajstić information content (AvgIpc) is 3.17. The fourth-order valence-corrected chi connectivity index (χ4v) is 4.85. The molecule has 0 fully saturated rings. The molecule has 0 amide bonds. The highest BCUT2D eigenvalue weighted by Crippen LogP contribution is 2.47. The third kappa shape index (κ3) is 5.35. The average molecular weight is 442 g/mol. The highest BCUT2D eigenvalue weighted by Gasteiger charge is 2.22. The molecule has 0 N–H and O–H groups in total. The monoisotopic (exact) mass is 441 g/mol. The van der Waals surface area contributed by atoms with Crippen LogP contribution in [0.4, 0.5) is 0 Å². The number of fused-ring (bicyclic) bond motifs is 3. The molecule has 3 nitrogen and oxygen atoms in total. The molecule has 0 heterocycles. The minimum Gasteiger partial charge on any atom is -0.318 e. The van der Waals surface area contributed by atoms with Crippen molar-refractivity contribution in [1.82, 2.24) is 0 Å². The Balaban J connectivity index is 1.58. The van der Waals surface area contributed by atoms with Crippen LogP contribution in [0, 0.1) is 0 Å². The van der Waals surface area contributed by atoms with Crippen LogP contribution in [0.25, 0.3) is 33.0 Å². The third-order valence-electron chi connectivity index (χ3n) is 6.61. The Bertz CT molecular complexity index is 1120. The first-order chi connectivity index (χ1) is 16.2. The zero-order valence-corrected chi connectivity index (χ0v) is 20.0. The Morgan fingerprint density at radius 2 is 1.39 bits per heavy atom. The van der Waals surface area contributed by atoms with Gasteiger partial charge < -0.3 is 4.84 Å². The molecule has 0 saturated heterocycles. The SMILES string of the molecule is CCCCCCC(Cc1ccc2c3c(cccc13)-c1ccccc1-2)=NOC(=O)CCCCC. The molecule has 0 radical (unpaired) electrons. The molecule has 0 aliphatic heterocycles. The number of rotatable bonds is 12. The standard InChI is InChI=1S/C30H35NO2/c1-3-5-7-9-13-23(31-33-29(32)18-8-6-4-2)21-22-19-20-28-26-15-11-10-14-25(26)27-17-12-16-24(22)30(27)28/h10-12,14-17,19-20H,3-9,13,18,21H2,1-2H3. The van der Waals surface area contributed by atoms with E-state index in [9.17, 15) is 4.79 Å². The minimum atomic E-state index is -0.217. The molecule has 1 aliphatic rings. The first kappa shape index (κ1) is 23.2. The summed E-state index contributed by atoms with van der Waals surface area (Å²) in [6.45, 7) is 4.35. The Morgan fingerprint density at radius 3 is 2.15 bits per heavy atom. The molecule has 3 aromatic carbocycles. The van der Waals surface area contributed by atoms with Gasteiger partial charge in [-0.3, -0.25) is 0 Å². The van der Waals surface area contributed by atoms with E-state index in [0.29, 0.717) is 12.8 Å². The number of hydrogen-bond acceptors (Lipinski definition) is 3. The molecule has 0 atom stereocenters. The smallest absolute Gasteiger partial charge is 0.318 e. The lowest BCUT2D eigenvalue weighted by Gasteiger charge is -2.11. The van der Waals surface area contributed by atoms with Crippen molar-refractivity contribution >= 4 is 22.5 Å². The molecule has 33 heavy (non-hydrogen) atoms. The van der Waals surface area contributed by atoms with Crippen molar-refractivity contribution in [1.29, 1.82) is 0 Å². The normalized spacial score (nSPS) is 12.2. The third-order valence-corrected chi connectivity index (χ3v) is 6.61. The summed E-state index contributed by atoms with van der Waals surface area (Å²) in [5.41, 5.74) is 7.45. The number of hydrogen-bond donors (Lipinski definition) is 0. The van der Waals surface area contributed by atoms with Crippen LogP contribution >= 0.6 is 0 Å². The van der Waals surface area contributed by atoms with Crippen LogP contribution in [-0.2, 0) is 16.1 Å². The van der Waals surface area contributed by atoms with Gasteiger partial charge in [-0.15, -0.1) is 0 Å². The molecular formula is C30H35NO2. The summed E-state index contributed by atoms with van der Waals surface area (Å²) in [5, 5.41) is 6.98. The molecule has 0 saturated carbocycles. The highest BCUT2D eigenvalue weighted by atomic mass is 16.7. The maximum Gasteiger partial charge on any atom is 0.335 e. The van der Waals surface area contributed by atoms with Crippen molar-refractivity contribution in [3.8, 4) is 22.3 Å². The quantitative estimate of drug-likeness (QED) is 0.0957. The van der Waals surface area contributed by atoms with Gasteiger partial charge in [0, 0.05) is 12.8 Å². The number of nitrogens with zero attached hydrogens (tertiary/aromatic N) is 1. The van der Waals surface area contributed by atoms with Crippen molar-refractivity contribution in [2.45, 2.75) is 78.1 Å². The van der Waals surface area contributed by atoms with Crippen LogP contribution in [0.2, 0.25) is 0 Å². The first-order valence-electron chi connectivity index (χ1n) is 12.6. The minimum absolute atomic E-state index is 0.217. The summed E-state index contributed by atoms with van der Waals surface area (Å²) >= 11 is 0. The Morgan fingerprint density at radius 1 is 0.727 bits per heavy atom. The lowest BCUT2D eigenvalue weighted by molar-refractivity contribution is -0.143. The van der Waals surface area contributed by atoms with Gasteiger partial charge in [0.15, 0.2) is 0 Å². The zero-order chi connectivity index (χ0) is 23.0. The maximum atomic E-state index is 12.2. The van der Waals surface area contributed by atoms with E-state index < -0.39 is 0 Å². The van der Waals surface area contributed by atoms with Gasteiger partial charge in [-0.2, -0.15) is 0 Å². The van der Waals surface area contributed by atoms with E-state index in [1.807, 2.05) is 0 Å². The molecule has 0 aromatic heterocycles. The second-order valence-electron chi connectivity index (χ2n) is 9.11. The van der Waals surface area contributed by atoms with E-state index in [2.05, 4.69) is 73.6 Å². The summed E-state index contributed by atoms with van der Waals surface area (Å²) < 4.78 is 0. The highest BCUT2D eigenvalue weighted by molar-refractivity contribution is 6.16. The van der Waals surface area contributed by atoms with Crippen LogP contribution in [0.3, 0.4) is 0 Å². The van der Waals surface area contributed by atoms with E-state index in [4.69, 9.17) is 4.84 Å². The lowest BCUT2D eigenvalue weighted by atomic mass is 9.94. The summed E-state index contributed by atoms with van der Waals surface area (Å²) in [4.78, 5) is 17.5. The second kappa shape index (κ2) is 11.3. The Labute approximate surface area is 197 Å². The van der Waals surface area contributed by atoms with E-state index in [0.717, 1.165) is 37.8 Å². The van der Waals surface area contributed by atoms with Crippen LogP contribution < -0.4 is 0 Å². The first-order valence-corrected chi connectivity index (χ1v) is 12.6. The van der Waals surface area contributed by atoms with Gasteiger partial charge in [-0.1, -0.05) is 106 Å². The van der Waals surface area contributed by atoms with Gasteiger partial charge in [0.05, 0.1) is 5.71 Å². The predicted molar refractivity (Wildman–Crippen MR) is 139 cm³/mol. The van der Waals surface area contributed by atoms with Gasteiger partial charge >= 0.3 is 5.97 Å². The molecule has 0 bridgehead atoms. The van der Waals surface area contributed by atoms with Crippen LogP contribution in [0.15, 0.2) is 59.8 Å². The molecular weight excluding hydrogens is 406 g/mol. The Kier molecular flexibility index (Phi) is 7.93. The molecule has 3 aromatic rings. The zero-order valence-electron chi connectivity index (χ0n) is 20.0. The lowest BCUT2D eigenvalue weighted by Crippen LogP contribution is -2.08. The van der Waals surface area contributed by atoms with Crippen molar-refractivity contribution in [3.63, 3.8) is 0 Å². The number of benzene rings is 3. The molecule has 4 rings (SSSR count). The molecule has 0 unspecified atom stereocenters. The van der Waals surface area contributed by atoms with Gasteiger partial charge in [0.25, 0.3) is 0 Å². The van der Waals surface area contributed by atoms with Crippen molar-refractivity contribution in [2.75, 3.05) is 0 Å². The maximum absolute atomic E-state index is 12.2. The number of unbranched alkanes of at least 4 members (excludes halogenated alkanes) is 5. The van der Waals surface area contributed by atoms with Crippen LogP contribution in [0.1, 0.15) is 77.2 Å². The van der Waals surface area contributed by atoms with Gasteiger partial charge in [0.2, 0.25) is 0 Å². The van der Waals surface area contributed by atoms with E-state index in [1.165, 1.54) is 57.9 Å². The largest absolute Gasteiger partial charge is 0.335 e. The van der Waals surface area contributed by atoms with E-state index >= 15 is 0 Å². The summed E-state index contributed by atoms with van der Waals surface area (Å²) in [6, 6.07) is 19.7. The topological polar surface area (TPSA) is 38.7 Å². The van der Waals surface area contributed by atoms with Crippen molar-refractivity contribution < 1.29 is 9.63 Å². The predicted octanol–water partition coefficient (Wildman–Crippen LogP) is 8.48. The van der Waals surface area contributed by atoms with Crippen LogP contribution in [-0.4, -0.2) is 11.7 Å². The fourth-order valence-electron chi connectivity index (χ4n) is 4.85. The number of carbonyl (C=O) groups is 1. The summed E-state index contributed by atoms with van der Waals surface area (Å²) in [5.74, 6) is -0.217. The van der Waals surface area contributed by atoms with Crippen molar-refractivity contribution in [3.05, 3.63) is 60.2 Å². The van der Waals surface area contributed by atoms with Gasteiger partial charge in [0.1, 0.15) is 0 Å². The van der Waals surface area contributed by atoms with Gasteiger partial charge in [-0.05, 0) is 57.9 Å². The molecule has 1 aliphatic carbocycles. The molecule has 172 valence electrons.